The largest absolute Gasteiger partial charge is 0.497 e. The van der Waals surface area contributed by atoms with E-state index in [1.165, 1.54) is 37.2 Å². The molecule has 0 atom stereocenters. The van der Waals surface area contributed by atoms with Crippen LogP contribution in [-0.2, 0) is 17.7 Å². The maximum absolute atomic E-state index is 5.39. The Morgan fingerprint density at radius 1 is 1.05 bits per heavy atom. The number of rotatable bonds is 5. The number of morpholine rings is 1. The molecule has 0 amide bonds. The average Bonchev–Trinajstić information content (AvgIpc) is 2.55. The van der Waals surface area contributed by atoms with E-state index in [-0.39, 0.29) is 0 Å². The molecule has 0 unspecified atom stereocenters. The number of ether oxygens (including phenoxy) is 2. The third-order valence-corrected chi connectivity index (χ3v) is 4.56. The van der Waals surface area contributed by atoms with Crippen molar-refractivity contribution in [2.75, 3.05) is 53.0 Å². The van der Waals surface area contributed by atoms with Crippen LogP contribution in [0.4, 0.5) is 0 Å². The van der Waals surface area contributed by atoms with Gasteiger partial charge in [0.15, 0.2) is 0 Å². The third kappa shape index (κ3) is 3.96. The summed E-state index contributed by atoms with van der Waals surface area (Å²) >= 11 is 0. The number of hydrogen-bond acceptors (Lipinski definition) is 4. The second-order valence-corrected chi connectivity index (χ2v) is 5.97. The summed E-state index contributed by atoms with van der Waals surface area (Å²) in [4.78, 5) is 5.10. The van der Waals surface area contributed by atoms with E-state index in [4.69, 9.17) is 9.47 Å². The molecule has 116 valence electrons. The van der Waals surface area contributed by atoms with Gasteiger partial charge in [0.25, 0.3) is 0 Å². The summed E-state index contributed by atoms with van der Waals surface area (Å²) in [6.07, 6.45) is 2.40. The smallest absolute Gasteiger partial charge is 0.119 e. The van der Waals surface area contributed by atoms with Crippen LogP contribution in [0.1, 0.15) is 17.5 Å². The van der Waals surface area contributed by atoms with Crippen molar-refractivity contribution in [3.63, 3.8) is 0 Å². The van der Waals surface area contributed by atoms with Crippen LogP contribution in [0, 0.1) is 0 Å². The van der Waals surface area contributed by atoms with Gasteiger partial charge in [-0.05, 0) is 49.2 Å². The first-order chi connectivity index (χ1) is 10.3. The summed E-state index contributed by atoms with van der Waals surface area (Å²) in [5.74, 6) is 0.981. The summed E-state index contributed by atoms with van der Waals surface area (Å²) < 4.78 is 10.7. The first-order valence-electron chi connectivity index (χ1n) is 8.03. The van der Waals surface area contributed by atoms with E-state index >= 15 is 0 Å². The summed E-state index contributed by atoms with van der Waals surface area (Å²) in [5.41, 5.74) is 2.92. The van der Waals surface area contributed by atoms with Crippen molar-refractivity contribution in [1.82, 2.24) is 9.80 Å². The van der Waals surface area contributed by atoms with Crippen LogP contribution in [0.3, 0.4) is 0 Å². The van der Waals surface area contributed by atoms with Crippen molar-refractivity contribution in [3.05, 3.63) is 29.3 Å². The van der Waals surface area contributed by atoms with E-state index < -0.39 is 0 Å². The maximum Gasteiger partial charge on any atom is 0.119 e. The second-order valence-electron chi connectivity index (χ2n) is 5.97. The Kier molecular flexibility index (Phi) is 5.12. The Bertz CT molecular complexity index is 458. The lowest BCUT2D eigenvalue weighted by Gasteiger charge is -2.31. The summed E-state index contributed by atoms with van der Waals surface area (Å²) in [6.45, 7) is 8.66. The number of hydrogen-bond donors (Lipinski definition) is 0. The van der Waals surface area contributed by atoms with Gasteiger partial charge in [0, 0.05) is 26.2 Å². The zero-order valence-electron chi connectivity index (χ0n) is 13.0. The quantitative estimate of drug-likeness (QED) is 0.825. The SMILES string of the molecule is COc1ccc2c(c1)CCN(CCCN1CCOCC1)C2. The van der Waals surface area contributed by atoms with Crippen LogP contribution in [-0.4, -0.2) is 62.8 Å². The average molecular weight is 290 g/mol. The summed E-state index contributed by atoms with van der Waals surface area (Å²) in [5, 5.41) is 0. The Balaban J connectivity index is 1.45. The summed E-state index contributed by atoms with van der Waals surface area (Å²) in [6, 6.07) is 6.50. The lowest BCUT2D eigenvalue weighted by Crippen LogP contribution is -2.38. The Labute approximate surface area is 127 Å². The molecule has 1 saturated heterocycles. The van der Waals surface area contributed by atoms with Crippen molar-refractivity contribution in [3.8, 4) is 5.75 Å². The number of nitrogens with zero attached hydrogens (tertiary/aromatic N) is 2. The Hall–Kier alpha value is -1.10. The van der Waals surface area contributed by atoms with Gasteiger partial charge in [0.05, 0.1) is 20.3 Å². The molecule has 1 fully saturated rings. The van der Waals surface area contributed by atoms with Gasteiger partial charge in [0.2, 0.25) is 0 Å². The highest BCUT2D eigenvalue weighted by atomic mass is 16.5. The van der Waals surface area contributed by atoms with Crippen LogP contribution in [0.15, 0.2) is 18.2 Å². The molecule has 4 nitrogen and oxygen atoms in total. The fraction of sp³-hybridized carbons (Fsp3) is 0.647. The molecule has 2 aliphatic heterocycles. The van der Waals surface area contributed by atoms with Crippen molar-refractivity contribution in [2.45, 2.75) is 19.4 Å². The zero-order chi connectivity index (χ0) is 14.5. The molecule has 0 aliphatic carbocycles. The van der Waals surface area contributed by atoms with Gasteiger partial charge in [0.1, 0.15) is 5.75 Å². The number of benzene rings is 1. The molecule has 0 radical (unpaired) electrons. The van der Waals surface area contributed by atoms with Gasteiger partial charge >= 0.3 is 0 Å². The molecule has 4 heteroatoms. The highest BCUT2D eigenvalue weighted by Crippen LogP contribution is 2.23. The van der Waals surface area contributed by atoms with Crippen molar-refractivity contribution in [1.29, 1.82) is 0 Å². The minimum Gasteiger partial charge on any atom is -0.497 e. The minimum absolute atomic E-state index is 0.902. The van der Waals surface area contributed by atoms with E-state index in [0.717, 1.165) is 45.0 Å². The second kappa shape index (κ2) is 7.25. The Morgan fingerprint density at radius 3 is 2.67 bits per heavy atom. The van der Waals surface area contributed by atoms with Crippen molar-refractivity contribution < 1.29 is 9.47 Å². The van der Waals surface area contributed by atoms with Gasteiger partial charge in [-0.1, -0.05) is 6.07 Å². The molecule has 0 saturated carbocycles. The lowest BCUT2D eigenvalue weighted by molar-refractivity contribution is 0.0359. The van der Waals surface area contributed by atoms with E-state index in [2.05, 4.69) is 28.0 Å². The van der Waals surface area contributed by atoms with Gasteiger partial charge in [-0.2, -0.15) is 0 Å². The van der Waals surface area contributed by atoms with Gasteiger partial charge in [-0.25, -0.2) is 0 Å². The van der Waals surface area contributed by atoms with E-state index in [1.807, 2.05) is 0 Å². The first kappa shape index (κ1) is 14.8. The fourth-order valence-electron chi connectivity index (χ4n) is 3.25. The molecule has 0 spiro atoms. The van der Waals surface area contributed by atoms with Crippen molar-refractivity contribution >= 4 is 0 Å². The highest BCUT2D eigenvalue weighted by Gasteiger charge is 2.17. The van der Waals surface area contributed by atoms with Crippen molar-refractivity contribution in [2.24, 2.45) is 0 Å². The standard InChI is InChI=1S/C17H26N2O2/c1-20-17-4-3-16-14-19(8-5-15(16)13-17)7-2-6-18-9-11-21-12-10-18/h3-4,13H,2,5-12,14H2,1H3. The van der Waals surface area contributed by atoms with E-state index in [0.29, 0.717) is 0 Å². The maximum atomic E-state index is 5.39. The molecule has 1 aromatic carbocycles. The summed E-state index contributed by atoms with van der Waals surface area (Å²) in [7, 11) is 1.74. The molecule has 2 aliphatic rings. The zero-order valence-corrected chi connectivity index (χ0v) is 13.0. The predicted molar refractivity (Wildman–Crippen MR) is 83.9 cm³/mol. The Morgan fingerprint density at radius 2 is 1.86 bits per heavy atom. The molecule has 2 heterocycles. The normalized spacial score (nSPS) is 20.2. The van der Waals surface area contributed by atoms with E-state index in [9.17, 15) is 0 Å². The molecule has 3 rings (SSSR count). The predicted octanol–water partition coefficient (Wildman–Crippen LogP) is 1.78. The number of methoxy groups -OCH3 is 1. The van der Waals surface area contributed by atoms with Gasteiger partial charge in [-0.3, -0.25) is 9.80 Å². The van der Waals surface area contributed by atoms with E-state index in [1.54, 1.807) is 7.11 Å². The first-order valence-corrected chi connectivity index (χ1v) is 8.03. The lowest BCUT2D eigenvalue weighted by atomic mass is 9.99. The molecule has 0 N–H and O–H groups in total. The molecule has 0 aromatic heterocycles. The molecule has 0 bridgehead atoms. The van der Waals surface area contributed by atoms with Crippen LogP contribution in [0.2, 0.25) is 0 Å². The topological polar surface area (TPSA) is 24.9 Å². The monoisotopic (exact) mass is 290 g/mol. The fourth-order valence-corrected chi connectivity index (χ4v) is 3.25. The number of fused-ring (bicyclic) bond motifs is 1. The van der Waals surface area contributed by atoms with Crippen LogP contribution in [0.25, 0.3) is 0 Å². The highest BCUT2D eigenvalue weighted by molar-refractivity contribution is 5.37. The molecular formula is C17H26N2O2. The molecule has 1 aromatic rings. The third-order valence-electron chi connectivity index (χ3n) is 4.56. The van der Waals surface area contributed by atoms with Crippen LogP contribution >= 0.6 is 0 Å². The van der Waals surface area contributed by atoms with Crippen LogP contribution < -0.4 is 4.74 Å². The molecule has 21 heavy (non-hydrogen) atoms. The van der Waals surface area contributed by atoms with Crippen LogP contribution in [0.5, 0.6) is 5.75 Å². The molecular weight excluding hydrogens is 264 g/mol. The van der Waals surface area contributed by atoms with Gasteiger partial charge in [-0.15, -0.1) is 0 Å². The van der Waals surface area contributed by atoms with Gasteiger partial charge < -0.3 is 9.47 Å². The minimum atomic E-state index is 0.902.